The second-order valence-corrected chi connectivity index (χ2v) is 8.91. The Bertz CT molecular complexity index is 1140. The molecule has 0 unspecified atom stereocenters. The molecule has 0 radical (unpaired) electrons. The summed E-state index contributed by atoms with van der Waals surface area (Å²) < 4.78 is 15.7. The minimum absolute atomic E-state index is 0.159. The van der Waals surface area contributed by atoms with Gasteiger partial charge in [-0.3, -0.25) is 9.59 Å². The lowest BCUT2D eigenvalue weighted by molar-refractivity contribution is -0.133. The molecule has 1 aliphatic heterocycles. The quantitative estimate of drug-likeness (QED) is 0.643. The maximum atomic E-state index is 13.8. The Morgan fingerprint density at radius 1 is 1.16 bits per heavy atom. The molecular formula is C25H28FN3O2. The van der Waals surface area contributed by atoms with Crippen LogP contribution in [0.1, 0.15) is 43.2 Å². The SMILES string of the molecule is CC(C)CCNC(=O)[C@]1(C)Cn2c(cc3ccccc32)C(=O)N1Cc1cccc(F)c1. The lowest BCUT2D eigenvalue weighted by Crippen LogP contribution is -2.63. The van der Waals surface area contributed by atoms with Crippen molar-refractivity contribution in [3.05, 3.63) is 71.7 Å². The van der Waals surface area contributed by atoms with Crippen molar-refractivity contribution in [2.24, 2.45) is 5.92 Å². The van der Waals surface area contributed by atoms with Crippen molar-refractivity contribution >= 4 is 22.7 Å². The van der Waals surface area contributed by atoms with Gasteiger partial charge in [-0.15, -0.1) is 0 Å². The molecule has 0 fully saturated rings. The maximum absolute atomic E-state index is 13.8. The van der Waals surface area contributed by atoms with Gasteiger partial charge in [0.05, 0.1) is 6.54 Å². The van der Waals surface area contributed by atoms with E-state index < -0.39 is 5.54 Å². The third-order valence-corrected chi connectivity index (χ3v) is 6.06. The topological polar surface area (TPSA) is 54.3 Å². The molecule has 1 aliphatic rings. The van der Waals surface area contributed by atoms with Crippen molar-refractivity contribution in [3.8, 4) is 0 Å². The van der Waals surface area contributed by atoms with Crippen molar-refractivity contribution in [1.82, 2.24) is 14.8 Å². The van der Waals surface area contributed by atoms with Gasteiger partial charge < -0.3 is 14.8 Å². The summed E-state index contributed by atoms with van der Waals surface area (Å²) in [4.78, 5) is 28.6. The molecule has 162 valence electrons. The number of carbonyl (C=O) groups excluding carboxylic acids is 2. The standard InChI is InChI=1S/C25H28FN3O2/c1-17(2)11-12-27-24(31)25(3)16-28-21-10-5-4-8-19(21)14-22(28)23(30)29(25)15-18-7-6-9-20(26)13-18/h4-10,13-14,17H,11-12,15-16H2,1-3H3,(H,27,31)/t25-/m0/s1. The van der Waals surface area contributed by atoms with Crippen LogP contribution in [0.4, 0.5) is 4.39 Å². The van der Waals surface area contributed by atoms with Crippen molar-refractivity contribution in [2.75, 3.05) is 6.54 Å². The molecule has 5 nitrogen and oxygen atoms in total. The first kappa shape index (κ1) is 21.1. The number of amides is 2. The average Bonchev–Trinajstić information content (AvgIpc) is 3.09. The monoisotopic (exact) mass is 421 g/mol. The van der Waals surface area contributed by atoms with E-state index in [4.69, 9.17) is 0 Å². The fourth-order valence-electron chi connectivity index (χ4n) is 4.24. The molecule has 31 heavy (non-hydrogen) atoms. The summed E-state index contributed by atoms with van der Waals surface area (Å²) in [6.07, 6.45) is 0.858. The molecule has 2 aromatic carbocycles. The Balaban J connectivity index is 1.74. The van der Waals surface area contributed by atoms with Gasteiger partial charge in [0.2, 0.25) is 5.91 Å². The van der Waals surface area contributed by atoms with E-state index in [-0.39, 0.29) is 24.2 Å². The van der Waals surface area contributed by atoms with Gasteiger partial charge in [0.1, 0.15) is 17.1 Å². The lowest BCUT2D eigenvalue weighted by Gasteiger charge is -2.44. The first-order valence-electron chi connectivity index (χ1n) is 10.7. The zero-order valence-corrected chi connectivity index (χ0v) is 18.2. The highest BCUT2D eigenvalue weighted by Crippen LogP contribution is 2.33. The van der Waals surface area contributed by atoms with Crippen LogP contribution in [0.25, 0.3) is 10.9 Å². The number of halogens is 1. The first-order chi connectivity index (χ1) is 14.8. The number of nitrogens with one attached hydrogen (secondary N) is 1. The fourth-order valence-corrected chi connectivity index (χ4v) is 4.24. The fraction of sp³-hybridized carbons (Fsp3) is 0.360. The van der Waals surface area contributed by atoms with E-state index in [9.17, 15) is 14.0 Å². The predicted molar refractivity (Wildman–Crippen MR) is 119 cm³/mol. The molecule has 3 aromatic rings. The van der Waals surface area contributed by atoms with Gasteiger partial charge in [0.25, 0.3) is 5.91 Å². The van der Waals surface area contributed by atoms with Crippen LogP contribution in [0.15, 0.2) is 54.6 Å². The first-order valence-corrected chi connectivity index (χ1v) is 10.7. The summed E-state index contributed by atoms with van der Waals surface area (Å²) in [6, 6.07) is 15.8. The minimum Gasteiger partial charge on any atom is -0.354 e. The number of hydrogen-bond donors (Lipinski definition) is 1. The highest BCUT2D eigenvalue weighted by molar-refractivity contribution is 6.03. The highest BCUT2D eigenvalue weighted by Gasteiger charge is 2.47. The molecule has 0 spiro atoms. The van der Waals surface area contributed by atoms with Gasteiger partial charge in [0.15, 0.2) is 0 Å². The number of nitrogens with zero attached hydrogens (tertiary/aromatic N) is 2. The zero-order valence-electron chi connectivity index (χ0n) is 18.2. The van der Waals surface area contributed by atoms with Crippen molar-refractivity contribution in [3.63, 3.8) is 0 Å². The number of aromatic nitrogens is 1. The summed E-state index contributed by atoms with van der Waals surface area (Å²) in [5.41, 5.74) is 1.02. The van der Waals surface area contributed by atoms with Crippen LogP contribution in [0, 0.1) is 11.7 Å². The number of para-hydroxylation sites is 1. The van der Waals surface area contributed by atoms with Crippen LogP contribution in [-0.4, -0.2) is 33.4 Å². The second-order valence-electron chi connectivity index (χ2n) is 8.91. The van der Waals surface area contributed by atoms with Crippen LogP contribution in [0.2, 0.25) is 0 Å². The lowest BCUT2D eigenvalue weighted by atomic mass is 9.93. The van der Waals surface area contributed by atoms with E-state index in [2.05, 4.69) is 19.2 Å². The smallest absolute Gasteiger partial charge is 0.271 e. The highest BCUT2D eigenvalue weighted by atomic mass is 19.1. The number of carbonyl (C=O) groups is 2. The third kappa shape index (κ3) is 3.94. The number of hydrogen-bond acceptors (Lipinski definition) is 2. The van der Waals surface area contributed by atoms with Gasteiger partial charge in [-0.25, -0.2) is 4.39 Å². The van der Waals surface area contributed by atoms with E-state index in [0.717, 1.165) is 17.3 Å². The third-order valence-electron chi connectivity index (χ3n) is 6.06. The molecule has 1 aromatic heterocycles. The van der Waals surface area contributed by atoms with Gasteiger partial charge >= 0.3 is 0 Å². The summed E-state index contributed by atoms with van der Waals surface area (Å²) in [6.45, 7) is 7.05. The normalized spacial score (nSPS) is 18.5. The van der Waals surface area contributed by atoms with Crippen LogP contribution in [0.3, 0.4) is 0 Å². The molecule has 0 aliphatic carbocycles. The largest absolute Gasteiger partial charge is 0.354 e. The molecule has 0 bridgehead atoms. The zero-order chi connectivity index (χ0) is 22.2. The second kappa shape index (κ2) is 8.17. The van der Waals surface area contributed by atoms with Gasteiger partial charge in [-0.05, 0) is 49.1 Å². The predicted octanol–water partition coefficient (Wildman–Crippen LogP) is 4.36. The van der Waals surface area contributed by atoms with E-state index >= 15 is 0 Å². The Morgan fingerprint density at radius 3 is 2.68 bits per heavy atom. The molecular weight excluding hydrogens is 393 g/mol. The van der Waals surface area contributed by atoms with Crippen molar-refractivity contribution in [2.45, 2.75) is 45.8 Å². The number of rotatable bonds is 6. The summed E-state index contributed by atoms with van der Waals surface area (Å²) in [5, 5.41) is 3.98. The summed E-state index contributed by atoms with van der Waals surface area (Å²) in [7, 11) is 0. The maximum Gasteiger partial charge on any atom is 0.271 e. The molecule has 2 heterocycles. The molecule has 0 saturated heterocycles. The molecule has 4 rings (SSSR count). The van der Waals surface area contributed by atoms with Crippen LogP contribution in [0.5, 0.6) is 0 Å². The Hall–Kier alpha value is -3.15. The number of benzene rings is 2. The van der Waals surface area contributed by atoms with E-state index in [1.165, 1.54) is 12.1 Å². The van der Waals surface area contributed by atoms with Gasteiger partial charge in [-0.2, -0.15) is 0 Å². The van der Waals surface area contributed by atoms with Crippen molar-refractivity contribution < 1.29 is 14.0 Å². The molecule has 0 saturated carbocycles. The molecule has 6 heteroatoms. The van der Waals surface area contributed by atoms with E-state index in [0.29, 0.717) is 30.3 Å². The van der Waals surface area contributed by atoms with Gasteiger partial charge in [-0.1, -0.05) is 44.2 Å². The number of fused-ring (bicyclic) bond motifs is 3. The van der Waals surface area contributed by atoms with Crippen molar-refractivity contribution in [1.29, 1.82) is 0 Å². The molecule has 1 atom stereocenters. The summed E-state index contributed by atoms with van der Waals surface area (Å²) >= 11 is 0. The minimum atomic E-state index is -1.10. The van der Waals surface area contributed by atoms with E-state index in [1.54, 1.807) is 24.0 Å². The van der Waals surface area contributed by atoms with Crippen LogP contribution >= 0.6 is 0 Å². The van der Waals surface area contributed by atoms with Crippen LogP contribution < -0.4 is 5.32 Å². The molecule has 2 amide bonds. The Labute approximate surface area is 181 Å². The average molecular weight is 422 g/mol. The van der Waals surface area contributed by atoms with E-state index in [1.807, 2.05) is 34.9 Å². The molecule has 1 N–H and O–H groups in total. The Morgan fingerprint density at radius 2 is 1.94 bits per heavy atom. The Kier molecular flexibility index (Phi) is 5.56. The van der Waals surface area contributed by atoms with Crippen LogP contribution in [-0.2, 0) is 17.9 Å². The summed E-state index contributed by atoms with van der Waals surface area (Å²) in [5.74, 6) is -0.321. The van der Waals surface area contributed by atoms with Gasteiger partial charge in [0, 0.05) is 24.0 Å².